The van der Waals surface area contributed by atoms with Gasteiger partial charge in [0, 0.05) is 28.4 Å². The van der Waals surface area contributed by atoms with E-state index in [0.717, 1.165) is 18.1 Å². The molecule has 2 aliphatic rings. The van der Waals surface area contributed by atoms with Gasteiger partial charge in [-0.25, -0.2) is 0 Å². The van der Waals surface area contributed by atoms with Crippen LogP contribution in [0.2, 0.25) is 0 Å². The first-order chi connectivity index (χ1) is 10.1. The van der Waals surface area contributed by atoms with Crippen molar-refractivity contribution in [2.45, 2.75) is 110 Å². The van der Waals surface area contributed by atoms with Gasteiger partial charge in [0.2, 0.25) is 0 Å². The fourth-order valence-corrected chi connectivity index (χ4v) is 4.97. The largest absolute Gasteiger partial charge is 0.291 e. The average Bonchev–Trinajstić information content (AvgIpc) is 2.53. The highest BCUT2D eigenvalue weighted by Gasteiger charge is 2.33. The Balaban J connectivity index is 2.21. The van der Waals surface area contributed by atoms with Crippen molar-refractivity contribution >= 4 is 10.2 Å². The second kappa shape index (κ2) is 8.52. The predicted molar refractivity (Wildman–Crippen MR) is 98.0 cm³/mol. The van der Waals surface area contributed by atoms with Crippen LogP contribution < -0.4 is 0 Å². The Morgan fingerprint density at radius 3 is 1.67 bits per heavy atom. The van der Waals surface area contributed by atoms with Crippen molar-refractivity contribution in [3.63, 3.8) is 0 Å². The zero-order valence-corrected chi connectivity index (χ0v) is 17.0. The SMILES string of the molecule is CCC(C(C)=C(C)[SiH3])N(C1CCCCC1)C1CCCCC1. The first-order valence-corrected chi connectivity index (χ1v) is 10.6. The summed E-state index contributed by atoms with van der Waals surface area (Å²) in [6.45, 7) is 7.20. The van der Waals surface area contributed by atoms with Crippen molar-refractivity contribution in [1.29, 1.82) is 0 Å². The van der Waals surface area contributed by atoms with Crippen LogP contribution in [0.3, 0.4) is 0 Å². The molecule has 0 N–H and O–H groups in total. The van der Waals surface area contributed by atoms with Crippen LogP contribution in [0.25, 0.3) is 0 Å². The Morgan fingerprint density at radius 1 is 0.905 bits per heavy atom. The first kappa shape index (κ1) is 17.3. The molecular formula is C19H37NSi. The molecule has 1 nitrogen and oxygen atoms in total. The quantitative estimate of drug-likeness (QED) is 0.681. The van der Waals surface area contributed by atoms with Gasteiger partial charge >= 0.3 is 0 Å². The maximum Gasteiger partial charge on any atom is 0.0329 e. The van der Waals surface area contributed by atoms with Crippen molar-refractivity contribution in [1.82, 2.24) is 4.90 Å². The normalized spacial score (nSPS) is 25.1. The molecule has 2 fully saturated rings. The molecule has 0 amide bonds. The zero-order chi connectivity index (χ0) is 15.2. The zero-order valence-electron chi connectivity index (χ0n) is 15.0. The lowest BCUT2D eigenvalue weighted by molar-refractivity contribution is 0.0491. The van der Waals surface area contributed by atoms with Crippen LogP contribution in [0.4, 0.5) is 0 Å². The lowest BCUT2D eigenvalue weighted by atomic mass is 9.85. The number of allylic oxidation sites excluding steroid dienone is 1. The predicted octanol–water partition coefficient (Wildman–Crippen LogP) is 4.39. The van der Waals surface area contributed by atoms with Gasteiger partial charge in [0.25, 0.3) is 0 Å². The summed E-state index contributed by atoms with van der Waals surface area (Å²) in [4.78, 5) is 3.02. The van der Waals surface area contributed by atoms with Crippen molar-refractivity contribution in [2.24, 2.45) is 0 Å². The van der Waals surface area contributed by atoms with E-state index in [-0.39, 0.29) is 0 Å². The van der Waals surface area contributed by atoms with Gasteiger partial charge in [0.15, 0.2) is 0 Å². The van der Waals surface area contributed by atoms with Gasteiger partial charge in [-0.15, -0.1) is 0 Å². The average molecular weight is 308 g/mol. The van der Waals surface area contributed by atoms with Crippen molar-refractivity contribution in [3.05, 3.63) is 10.8 Å². The molecule has 0 aliphatic heterocycles. The topological polar surface area (TPSA) is 3.24 Å². The Kier molecular flexibility index (Phi) is 7.01. The third kappa shape index (κ3) is 4.45. The molecule has 0 bridgehead atoms. The first-order valence-electron chi connectivity index (χ1n) is 9.56. The molecule has 1 unspecified atom stereocenters. The van der Waals surface area contributed by atoms with E-state index >= 15 is 0 Å². The van der Waals surface area contributed by atoms with Crippen LogP contribution in [0.15, 0.2) is 10.8 Å². The molecule has 2 saturated carbocycles. The molecular weight excluding hydrogens is 270 g/mol. The van der Waals surface area contributed by atoms with Gasteiger partial charge in [0.05, 0.1) is 0 Å². The molecule has 0 radical (unpaired) electrons. The van der Waals surface area contributed by atoms with E-state index in [1.54, 1.807) is 10.8 Å². The van der Waals surface area contributed by atoms with Crippen molar-refractivity contribution in [2.75, 3.05) is 0 Å². The molecule has 0 spiro atoms. The highest BCUT2D eigenvalue weighted by molar-refractivity contribution is 6.21. The fourth-order valence-electron chi connectivity index (χ4n) is 4.64. The van der Waals surface area contributed by atoms with E-state index in [0.29, 0.717) is 0 Å². The molecule has 0 aromatic carbocycles. The summed E-state index contributed by atoms with van der Waals surface area (Å²) in [5.74, 6) is 0. The fraction of sp³-hybridized carbons (Fsp3) is 0.895. The van der Waals surface area contributed by atoms with Crippen LogP contribution in [-0.4, -0.2) is 33.3 Å². The molecule has 2 rings (SSSR count). The minimum Gasteiger partial charge on any atom is -0.291 e. The third-order valence-electron chi connectivity index (χ3n) is 6.03. The summed E-state index contributed by atoms with van der Waals surface area (Å²) < 4.78 is 0. The van der Waals surface area contributed by atoms with Gasteiger partial charge in [-0.3, -0.25) is 4.90 Å². The summed E-state index contributed by atoms with van der Waals surface area (Å²) in [5, 5.41) is 1.68. The van der Waals surface area contributed by atoms with E-state index < -0.39 is 0 Å². The van der Waals surface area contributed by atoms with Gasteiger partial charge in [-0.05, 0) is 46.0 Å². The molecule has 2 heteroatoms. The summed E-state index contributed by atoms with van der Waals surface area (Å²) in [7, 11) is 1.23. The monoisotopic (exact) mass is 307 g/mol. The second-order valence-electron chi connectivity index (χ2n) is 7.64. The smallest absolute Gasteiger partial charge is 0.0329 e. The van der Waals surface area contributed by atoms with Crippen molar-refractivity contribution < 1.29 is 0 Å². The molecule has 0 aromatic heterocycles. The van der Waals surface area contributed by atoms with E-state index in [4.69, 9.17) is 0 Å². The molecule has 0 saturated heterocycles. The lowest BCUT2D eigenvalue weighted by Crippen LogP contribution is -2.51. The van der Waals surface area contributed by atoms with Gasteiger partial charge in [-0.2, -0.15) is 0 Å². The number of nitrogens with zero attached hydrogens (tertiary/aromatic N) is 1. The summed E-state index contributed by atoms with van der Waals surface area (Å²) in [5.41, 5.74) is 1.71. The summed E-state index contributed by atoms with van der Waals surface area (Å²) in [6, 6.07) is 2.49. The van der Waals surface area contributed by atoms with Gasteiger partial charge in [-0.1, -0.05) is 56.2 Å². The Labute approximate surface area is 136 Å². The van der Waals surface area contributed by atoms with Crippen LogP contribution in [0.1, 0.15) is 91.4 Å². The van der Waals surface area contributed by atoms with Gasteiger partial charge in [0.1, 0.15) is 0 Å². The highest BCUT2D eigenvalue weighted by Crippen LogP contribution is 2.34. The lowest BCUT2D eigenvalue weighted by Gasteiger charge is -2.47. The number of hydrogen-bond acceptors (Lipinski definition) is 1. The third-order valence-corrected chi connectivity index (χ3v) is 6.82. The Hall–Kier alpha value is -0.0831. The standard InChI is InChI=1S/C19H37NSi/c1-4-19(15(2)16(3)21)20(17-11-7-5-8-12-17)18-13-9-6-10-14-18/h17-19H,4-14H2,1-3,21H3. The highest BCUT2D eigenvalue weighted by atomic mass is 28.1. The van der Waals surface area contributed by atoms with Crippen LogP contribution in [0.5, 0.6) is 0 Å². The maximum atomic E-state index is 3.02. The van der Waals surface area contributed by atoms with Crippen molar-refractivity contribution in [3.8, 4) is 0 Å². The molecule has 0 aromatic rings. The Bertz CT molecular complexity index is 315. The molecule has 1 atom stereocenters. The Morgan fingerprint density at radius 2 is 1.33 bits per heavy atom. The molecule has 21 heavy (non-hydrogen) atoms. The van der Waals surface area contributed by atoms with E-state index in [1.165, 1.54) is 80.9 Å². The minimum absolute atomic E-state index is 0.730. The summed E-state index contributed by atoms with van der Waals surface area (Å²) >= 11 is 0. The van der Waals surface area contributed by atoms with Gasteiger partial charge < -0.3 is 0 Å². The number of hydrogen-bond donors (Lipinski definition) is 0. The molecule has 122 valence electrons. The molecule has 0 heterocycles. The second-order valence-corrected chi connectivity index (χ2v) is 9.14. The summed E-state index contributed by atoms with van der Waals surface area (Å²) in [6.07, 6.45) is 15.9. The van der Waals surface area contributed by atoms with E-state index in [2.05, 4.69) is 25.7 Å². The number of rotatable bonds is 5. The van der Waals surface area contributed by atoms with Crippen LogP contribution >= 0.6 is 0 Å². The van der Waals surface area contributed by atoms with Crippen LogP contribution in [0, 0.1) is 0 Å². The molecule has 2 aliphatic carbocycles. The van der Waals surface area contributed by atoms with Crippen LogP contribution in [-0.2, 0) is 0 Å². The van der Waals surface area contributed by atoms with E-state index in [9.17, 15) is 0 Å². The minimum atomic E-state index is 0.730. The van der Waals surface area contributed by atoms with E-state index in [1.807, 2.05) is 0 Å². The maximum absolute atomic E-state index is 3.02.